The molecule has 0 radical (unpaired) electrons. The van der Waals surface area contributed by atoms with Crippen molar-refractivity contribution in [3.05, 3.63) is 18.0 Å². The van der Waals surface area contributed by atoms with Gasteiger partial charge in [0, 0.05) is 12.1 Å². The van der Waals surface area contributed by atoms with E-state index in [1.54, 1.807) is 0 Å². The van der Waals surface area contributed by atoms with Crippen molar-refractivity contribution in [2.75, 3.05) is 5.88 Å². The van der Waals surface area contributed by atoms with E-state index in [1.807, 2.05) is 0 Å². The summed E-state index contributed by atoms with van der Waals surface area (Å²) >= 11 is 5.80. The molecule has 0 aliphatic heterocycles. The fourth-order valence-electron chi connectivity index (χ4n) is 2.35. The van der Waals surface area contributed by atoms with Crippen LogP contribution >= 0.6 is 11.6 Å². The van der Waals surface area contributed by atoms with Crippen LogP contribution in [0.3, 0.4) is 0 Å². The summed E-state index contributed by atoms with van der Waals surface area (Å²) < 4.78 is 2.17. The Balaban J connectivity index is 1.86. The molecule has 0 saturated heterocycles. The van der Waals surface area contributed by atoms with Crippen molar-refractivity contribution in [1.82, 2.24) is 9.78 Å². The third-order valence-electron chi connectivity index (χ3n) is 3.52. The molecule has 1 aromatic heterocycles. The van der Waals surface area contributed by atoms with Crippen LogP contribution in [0.2, 0.25) is 0 Å². The SMILES string of the molecule is CC(CCl)CCc1ccn(C2CCCC2)n1. The predicted octanol–water partition coefficient (Wildman–Crippen LogP) is 3.81. The smallest absolute Gasteiger partial charge is 0.0624 e. The second-order valence-electron chi connectivity index (χ2n) is 5.02. The van der Waals surface area contributed by atoms with E-state index in [2.05, 4.69) is 29.0 Å². The Morgan fingerprint density at radius 3 is 2.94 bits per heavy atom. The average molecular weight is 241 g/mol. The van der Waals surface area contributed by atoms with Crippen LogP contribution in [0.25, 0.3) is 0 Å². The molecule has 1 aliphatic rings. The summed E-state index contributed by atoms with van der Waals surface area (Å²) in [6.07, 6.45) is 9.69. The van der Waals surface area contributed by atoms with Crippen LogP contribution in [0.4, 0.5) is 0 Å². The van der Waals surface area contributed by atoms with E-state index in [-0.39, 0.29) is 0 Å². The molecule has 16 heavy (non-hydrogen) atoms. The topological polar surface area (TPSA) is 17.8 Å². The second kappa shape index (κ2) is 5.72. The van der Waals surface area contributed by atoms with Gasteiger partial charge in [-0.05, 0) is 37.7 Å². The summed E-state index contributed by atoms with van der Waals surface area (Å²) in [6.45, 7) is 2.20. The largest absolute Gasteiger partial charge is 0.269 e. The Labute approximate surface area is 103 Å². The predicted molar refractivity (Wildman–Crippen MR) is 67.9 cm³/mol. The summed E-state index contributed by atoms with van der Waals surface area (Å²) in [6, 6.07) is 2.83. The molecule has 90 valence electrons. The molecule has 2 nitrogen and oxygen atoms in total. The number of aromatic nitrogens is 2. The quantitative estimate of drug-likeness (QED) is 0.716. The Kier molecular flexibility index (Phi) is 4.28. The number of halogens is 1. The highest BCUT2D eigenvalue weighted by molar-refractivity contribution is 6.18. The van der Waals surface area contributed by atoms with E-state index >= 15 is 0 Å². The summed E-state index contributed by atoms with van der Waals surface area (Å²) in [4.78, 5) is 0. The summed E-state index contributed by atoms with van der Waals surface area (Å²) in [5.74, 6) is 1.35. The van der Waals surface area contributed by atoms with Crippen LogP contribution in [0.5, 0.6) is 0 Å². The van der Waals surface area contributed by atoms with E-state index in [4.69, 9.17) is 11.6 Å². The fourth-order valence-corrected chi connectivity index (χ4v) is 2.51. The lowest BCUT2D eigenvalue weighted by Gasteiger charge is -2.09. The van der Waals surface area contributed by atoms with Crippen LogP contribution in [0, 0.1) is 5.92 Å². The van der Waals surface area contributed by atoms with Crippen molar-refractivity contribution in [3.63, 3.8) is 0 Å². The molecule has 0 aromatic carbocycles. The van der Waals surface area contributed by atoms with E-state index in [0.717, 1.165) is 18.7 Å². The molecule has 3 heteroatoms. The molecule has 1 aromatic rings. The number of rotatable bonds is 5. The summed E-state index contributed by atoms with van der Waals surface area (Å²) in [5.41, 5.74) is 1.23. The normalized spacial score (nSPS) is 19.1. The van der Waals surface area contributed by atoms with Gasteiger partial charge in [-0.2, -0.15) is 5.10 Å². The zero-order chi connectivity index (χ0) is 11.4. The van der Waals surface area contributed by atoms with E-state index < -0.39 is 0 Å². The Bertz CT molecular complexity index is 315. The van der Waals surface area contributed by atoms with Gasteiger partial charge >= 0.3 is 0 Å². The monoisotopic (exact) mass is 240 g/mol. The van der Waals surface area contributed by atoms with Gasteiger partial charge in [-0.1, -0.05) is 19.8 Å². The maximum atomic E-state index is 5.80. The van der Waals surface area contributed by atoms with Crippen molar-refractivity contribution >= 4 is 11.6 Å². The Hall–Kier alpha value is -0.500. The van der Waals surface area contributed by atoms with Gasteiger partial charge in [0.05, 0.1) is 11.7 Å². The standard InChI is InChI=1S/C13H21ClN2/c1-11(10-14)6-7-12-8-9-16(15-12)13-4-2-3-5-13/h8-9,11,13H,2-7,10H2,1H3. The number of alkyl halides is 1. The van der Waals surface area contributed by atoms with E-state index in [0.29, 0.717) is 12.0 Å². The zero-order valence-electron chi connectivity index (χ0n) is 10.0. The van der Waals surface area contributed by atoms with Gasteiger partial charge in [0.15, 0.2) is 0 Å². The van der Waals surface area contributed by atoms with Crippen LogP contribution in [0.1, 0.15) is 50.8 Å². The first-order chi connectivity index (χ1) is 7.79. The van der Waals surface area contributed by atoms with Crippen LogP contribution in [-0.4, -0.2) is 15.7 Å². The maximum Gasteiger partial charge on any atom is 0.0624 e. The highest BCUT2D eigenvalue weighted by atomic mass is 35.5. The summed E-state index contributed by atoms with van der Waals surface area (Å²) in [5, 5.41) is 4.67. The number of hydrogen-bond acceptors (Lipinski definition) is 1. The van der Waals surface area contributed by atoms with E-state index in [9.17, 15) is 0 Å². The highest BCUT2D eigenvalue weighted by Crippen LogP contribution is 2.28. The minimum atomic E-state index is 0.596. The lowest BCUT2D eigenvalue weighted by molar-refractivity contribution is 0.460. The van der Waals surface area contributed by atoms with Gasteiger partial charge in [-0.3, -0.25) is 4.68 Å². The van der Waals surface area contributed by atoms with Crippen LogP contribution in [-0.2, 0) is 6.42 Å². The molecule has 1 aliphatic carbocycles. The van der Waals surface area contributed by atoms with Crippen LogP contribution < -0.4 is 0 Å². The zero-order valence-corrected chi connectivity index (χ0v) is 10.8. The molecule has 0 amide bonds. The molecule has 1 atom stereocenters. The molecule has 1 heterocycles. The van der Waals surface area contributed by atoms with Crippen molar-refractivity contribution in [2.24, 2.45) is 5.92 Å². The molecule has 0 bridgehead atoms. The van der Waals surface area contributed by atoms with Crippen molar-refractivity contribution in [3.8, 4) is 0 Å². The number of aryl methyl sites for hydroxylation is 1. The number of hydrogen-bond donors (Lipinski definition) is 0. The van der Waals surface area contributed by atoms with Gasteiger partial charge in [-0.25, -0.2) is 0 Å². The molecular formula is C13H21ClN2. The lowest BCUT2D eigenvalue weighted by atomic mass is 10.1. The third-order valence-corrected chi connectivity index (χ3v) is 4.05. The van der Waals surface area contributed by atoms with Crippen molar-refractivity contribution < 1.29 is 0 Å². The highest BCUT2D eigenvalue weighted by Gasteiger charge is 2.17. The van der Waals surface area contributed by atoms with Gasteiger partial charge in [0.2, 0.25) is 0 Å². The maximum absolute atomic E-state index is 5.80. The molecule has 1 saturated carbocycles. The van der Waals surface area contributed by atoms with Gasteiger partial charge in [0.1, 0.15) is 0 Å². The minimum Gasteiger partial charge on any atom is -0.269 e. The average Bonchev–Trinajstić information content (AvgIpc) is 2.95. The molecule has 1 fully saturated rings. The lowest BCUT2D eigenvalue weighted by Crippen LogP contribution is -2.06. The Morgan fingerprint density at radius 1 is 1.50 bits per heavy atom. The molecular weight excluding hydrogens is 220 g/mol. The molecule has 0 N–H and O–H groups in total. The van der Waals surface area contributed by atoms with Crippen molar-refractivity contribution in [1.29, 1.82) is 0 Å². The minimum absolute atomic E-state index is 0.596. The molecule has 2 rings (SSSR count). The van der Waals surface area contributed by atoms with Crippen LogP contribution in [0.15, 0.2) is 12.3 Å². The second-order valence-corrected chi connectivity index (χ2v) is 5.33. The van der Waals surface area contributed by atoms with Gasteiger partial charge in [-0.15, -0.1) is 11.6 Å². The first kappa shape index (κ1) is 12.0. The first-order valence-corrected chi connectivity index (χ1v) is 6.93. The third kappa shape index (κ3) is 3.00. The number of nitrogens with zero attached hydrogens (tertiary/aromatic N) is 2. The van der Waals surface area contributed by atoms with Gasteiger partial charge < -0.3 is 0 Å². The van der Waals surface area contributed by atoms with Crippen molar-refractivity contribution in [2.45, 2.75) is 51.5 Å². The Morgan fingerprint density at radius 2 is 2.25 bits per heavy atom. The van der Waals surface area contributed by atoms with E-state index in [1.165, 1.54) is 31.4 Å². The van der Waals surface area contributed by atoms with Gasteiger partial charge in [0.25, 0.3) is 0 Å². The molecule has 1 unspecified atom stereocenters. The first-order valence-electron chi connectivity index (χ1n) is 6.39. The fraction of sp³-hybridized carbons (Fsp3) is 0.769. The molecule has 0 spiro atoms. The summed E-state index contributed by atoms with van der Waals surface area (Å²) in [7, 11) is 0.